The highest BCUT2D eigenvalue weighted by molar-refractivity contribution is 14.2. The van der Waals surface area contributed by atoms with Gasteiger partial charge in [-0.15, -0.1) is 9.80 Å². The molecule has 2 saturated carbocycles. The van der Waals surface area contributed by atoms with E-state index in [2.05, 4.69) is 9.80 Å². The normalized spacial score (nSPS) is 16.6. The van der Waals surface area contributed by atoms with Crippen LogP contribution in [0, 0.1) is 11.8 Å². The van der Waals surface area contributed by atoms with Gasteiger partial charge >= 0.3 is 22.3 Å². The third-order valence-corrected chi connectivity index (χ3v) is 7.47. The molecule has 0 aromatic heterocycles. The van der Waals surface area contributed by atoms with Gasteiger partial charge in [-0.25, -0.2) is 0 Å². The summed E-state index contributed by atoms with van der Waals surface area (Å²) in [4.78, 5) is 24.0. The first kappa shape index (κ1) is 40.3. The van der Waals surface area contributed by atoms with Crippen LogP contribution in [0.5, 0.6) is 0 Å². The summed E-state index contributed by atoms with van der Waals surface area (Å²) < 4.78 is 41.5. The number of benzene rings is 2. The van der Waals surface area contributed by atoms with Gasteiger partial charge in [0.05, 0.1) is 26.1 Å². The van der Waals surface area contributed by atoms with Crippen LogP contribution in [0.15, 0.2) is 60.7 Å². The molecular formula is C31H47IO8S2. The minimum absolute atomic E-state index is 0. The van der Waals surface area contributed by atoms with Crippen LogP contribution in [-0.2, 0) is 29.5 Å². The van der Waals surface area contributed by atoms with Crippen molar-refractivity contribution in [1.82, 2.24) is 0 Å². The molecule has 0 amide bonds. The number of halogens is 1. The van der Waals surface area contributed by atoms with Crippen molar-refractivity contribution in [2.75, 3.05) is 14.2 Å². The van der Waals surface area contributed by atoms with Crippen molar-refractivity contribution >= 4 is 53.3 Å². The summed E-state index contributed by atoms with van der Waals surface area (Å²) in [5, 5.41) is 0. The second-order valence-electron chi connectivity index (χ2n) is 10.1. The Morgan fingerprint density at radius 2 is 0.952 bits per heavy atom. The largest absolute Gasteiger partial charge is 0.469 e. The molecule has 0 saturated heterocycles. The smallest absolute Gasteiger partial charge is 0.394 e. The zero-order valence-electron chi connectivity index (χ0n) is 23.7. The van der Waals surface area contributed by atoms with Gasteiger partial charge in [0.15, 0.2) is 0 Å². The number of ether oxygens (including phenoxy) is 2. The Balaban J connectivity index is 0.000000645. The number of hydrogen-bond donors (Lipinski definition) is 3. The summed E-state index contributed by atoms with van der Waals surface area (Å²) in [5.41, 5.74) is 2.21. The minimum atomic E-state index is -4.67. The molecule has 2 atom stereocenters. The van der Waals surface area contributed by atoms with Crippen molar-refractivity contribution in [3.05, 3.63) is 71.8 Å². The molecule has 2 aliphatic rings. The van der Waals surface area contributed by atoms with E-state index in [0.29, 0.717) is 11.8 Å². The molecule has 0 radical (unpaired) electrons. The van der Waals surface area contributed by atoms with Crippen LogP contribution in [-0.4, -0.2) is 43.7 Å². The fraction of sp³-hybridized carbons (Fsp3) is 0.548. The van der Waals surface area contributed by atoms with Gasteiger partial charge in [0.2, 0.25) is 0 Å². The summed E-state index contributed by atoms with van der Waals surface area (Å²) in [6.45, 7) is 0. The summed E-state index contributed by atoms with van der Waals surface area (Å²) in [6, 6.07) is 20.1. The Labute approximate surface area is 269 Å². The Bertz CT molecular complexity index is 1010. The summed E-state index contributed by atoms with van der Waals surface area (Å²) in [5.74, 6) is 0.617. The van der Waals surface area contributed by atoms with Crippen LogP contribution < -0.4 is 0 Å². The van der Waals surface area contributed by atoms with Crippen LogP contribution >= 0.6 is 31.0 Å². The van der Waals surface area contributed by atoms with E-state index in [4.69, 9.17) is 27.0 Å². The van der Waals surface area contributed by atoms with Crippen molar-refractivity contribution in [2.45, 2.75) is 83.5 Å². The lowest BCUT2D eigenvalue weighted by molar-refractivity contribution is -0.145. The number of methoxy groups -OCH3 is 2. The molecule has 2 aliphatic carbocycles. The topological polar surface area (TPSA) is 127 Å². The molecule has 0 spiro atoms. The second-order valence-corrected chi connectivity index (χ2v) is 11.0. The number of carbonyl (C=O) groups is 2. The van der Waals surface area contributed by atoms with Crippen LogP contribution in [0.3, 0.4) is 0 Å². The van der Waals surface area contributed by atoms with Gasteiger partial charge in [-0.2, -0.15) is 8.42 Å². The standard InChI is InChI=1S/2C15H20O2.CH4.HIS.H2O4S/c2*1-17-15(16)14(12-8-4-2-5-9-12)13-10-6-3-7-11-13;;1-2;1-5(2,3)4/h2*2,4-5,8-9,13-14H,3,6-7,10-11H2,1H3;1H4;2H;(H2,1,2,3,4). The molecule has 0 bridgehead atoms. The molecule has 2 fully saturated rings. The average Bonchev–Trinajstić information content (AvgIpc) is 3.00. The number of carbonyl (C=O) groups excluding carboxylic acids is 2. The molecule has 11 heteroatoms. The maximum atomic E-state index is 12.0. The molecule has 2 aromatic rings. The van der Waals surface area contributed by atoms with Crippen molar-refractivity contribution in [1.29, 1.82) is 0 Å². The third-order valence-electron chi connectivity index (χ3n) is 7.47. The fourth-order valence-electron chi connectivity index (χ4n) is 5.71. The van der Waals surface area contributed by atoms with E-state index in [1.807, 2.05) is 81.9 Å². The summed E-state index contributed by atoms with van der Waals surface area (Å²) in [6.07, 6.45) is 12.2. The van der Waals surface area contributed by atoms with Crippen LogP contribution in [0.25, 0.3) is 0 Å². The summed E-state index contributed by atoms with van der Waals surface area (Å²) in [7, 11) is 1.81. The number of esters is 2. The highest BCUT2D eigenvalue weighted by Gasteiger charge is 2.32. The van der Waals surface area contributed by atoms with Crippen molar-refractivity contribution in [2.24, 2.45) is 11.8 Å². The van der Waals surface area contributed by atoms with Crippen molar-refractivity contribution in [3.63, 3.8) is 0 Å². The lowest BCUT2D eigenvalue weighted by atomic mass is 9.77. The molecule has 4 rings (SSSR count). The predicted molar refractivity (Wildman–Crippen MR) is 179 cm³/mol. The fourth-order valence-corrected chi connectivity index (χ4v) is 5.71. The SMILES string of the molecule is C.COC(=O)C(c1ccccc1)C1CCCCC1.COC(=O)C(c1ccccc1)C1CCCCC1.O=S(=O)(O)O.SI. The molecule has 8 nitrogen and oxygen atoms in total. The first-order chi connectivity index (χ1) is 19.7. The lowest BCUT2D eigenvalue weighted by Crippen LogP contribution is -2.24. The molecule has 2 unspecified atom stereocenters. The lowest BCUT2D eigenvalue weighted by Gasteiger charge is -2.28. The van der Waals surface area contributed by atoms with E-state index in [1.54, 1.807) is 0 Å². The van der Waals surface area contributed by atoms with Gasteiger partial charge in [-0.1, -0.05) is 107 Å². The highest BCUT2D eigenvalue weighted by atomic mass is 127. The predicted octanol–water partition coefficient (Wildman–Crippen LogP) is 8.30. The second kappa shape index (κ2) is 22.8. The highest BCUT2D eigenvalue weighted by Crippen LogP contribution is 2.37. The van der Waals surface area contributed by atoms with E-state index < -0.39 is 10.4 Å². The monoisotopic (exact) mass is 738 g/mol. The average molecular weight is 739 g/mol. The number of hydrogen-bond acceptors (Lipinski definition) is 7. The summed E-state index contributed by atoms with van der Waals surface area (Å²) >= 11 is 1.84. The van der Waals surface area contributed by atoms with E-state index in [0.717, 1.165) is 36.8 Å². The zero-order chi connectivity index (χ0) is 30.7. The third kappa shape index (κ3) is 15.7. The first-order valence-corrected chi connectivity index (χ1v) is 18.4. The Morgan fingerprint density at radius 3 is 1.19 bits per heavy atom. The van der Waals surface area contributed by atoms with Gasteiger partial charge in [-0.05, 0) is 69.9 Å². The molecule has 2 N–H and O–H groups in total. The van der Waals surface area contributed by atoms with Gasteiger partial charge in [-0.3, -0.25) is 18.7 Å². The van der Waals surface area contributed by atoms with Gasteiger partial charge < -0.3 is 9.47 Å². The molecule has 238 valence electrons. The maximum absolute atomic E-state index is 12.0. The Hall–Kier alpha value is -1.67. The molecule has 2 aromatic carbocycles. The minimum Gasteiger partial charge on any atom is -0.469 e. The van der Waals surface area contributed by atoms with E-state index >= 15 is 0 Å². The van der Waals surface area contributed by atoms with E-state index in [-0.39, 0.29) is 31.2 Å². The van der Waals surface area contributed by atoms with Crippen LogP contribution in [0.4, 0.5) is 0 Å². The molecular weight excluding hydrogens is 691 g/mol. The number of rotatable bonds is 6. The van der Waals surface area contributed by atoms with Crippen LogP contribution in [0.2, 0.25) is 0 Å². The van der Waals surface area contributed by atoms with Crippen molar-refractivity contribution < 1.29 is 36.6 Å². The van der Waals surface area contributed by atoms with Gasteiger partial charge in [0.25, 0.3) is 0 Å². The van der Waals surface area contributed by atoms with E-state index in [9.17, 15) is 9.59 Å². The zero-order valence-corrected chi connectivity index (χ0v) is 27.6. The molecule has 0 aliphatic heterocycles. The van der Waals surface area contributed by atoms with Gasteiger partial charge in [0, 0.05) is 0 Å². The van der Waals surface area contributed by atoms with Crippen LogP contribution in [0.1, 0.15) is 94.6 Å². The quantitative estimate of drug-likeness (QED) is 0.117. The Kier molecular flexibility index (Phi) is 21.9. The molecule has 42 heavy (non-hydrogen) atoms. The van der Waals surface area contributed by atoms with E-state index in [1.165, 1.54) is 52.7 Å². The molecule has 0 heterocycles. The van der Waals surface area contributed by atoms with Crippen molar-refractivity contribution in [3.8, 4) is 0 Å². The number of thiol groups is 1. The first-order valence-electron chi connectivity index (χ1n) is 13.8. The maximum Gasteiger partial charge on any atom is 0.394 e. The Morgan fingerprint density at radius 1 is 0.690 bits per heavy atom. The van der Waals surface area contributed by atoms with Gasteiger partial charge in [0.1, 0.15) is 0 Å².